The molecule has 0 saturated heterocycles. The predicted molar refractivity (Wildman–Crippen MR) is 49.2 cm³/mol. The van der Waals surface area contributed by atoms with E-state index in [1.165, 1.54) is 6.92 Å². The lowest BCUT2D eigenvalue weighted by Gasteiger charge is -2.12. The van der Waals surface area contributed by atoms with Gasteiger partial charge >= 0.3 is 6.36 Å². The normalized spacial score (nSPS) is 11.2. The molecular weight excluding hydrogens is 227 g/mol. The molecule has 0 heterocycles. The van der Waals surface area contributed by atoms with Crippen LogP contribution in [0.2, 0.25) is 0 Å². The third-order valence-electron chi connectivity index (χ3n) is 1.88. The third kappa shape index (κ3) is 2.85. The Labute approximate surface area is 88.8 Å². The molecule has 0 bridgehead atoms. The fraction of sp³-hybridized carbons (Fsp3) is 0.333. The topological polar surface area (TPSA) is 52.4 Å². The molecule has 1 aromatic rings. The van der Waals surface area contributed by atoms with Crippen LogP contribution in [0.5, 0.6) is 5.75 Å². The van der Waals surface area contributed by atoms with E-state index >= 15 is 0 Å². The van der Waals surface area contributed by atoms with Gasteiger partial charge in [-0.2, -0.15) is 0 Å². The Morgan fingerprint density at radius 3 is 2.50 bits per heavy atom. The lowest BCUT2D eigenvalue weighted by atomic mass is 10.1. The minimum atomic E-state index is -4.85. The van der Waals surface area contributed by atoms with Crippen LogP contribution < -0.4 is 4.74 Å². The van der Waals surface area contributed by atoms with Crippen molar-refractivity contribution in [1.29, 1.82) is 0 Å². The van der Waals surface area contributed by atoms with Gasteiger partial charge in [-0.1, -0.05) is 13.0 Å². The number of nitro groups is 1. The summed E-state index contributed by atoms with van der Waals surface area (Å²) in [6, 6.07) is 3.35. The highest BCUT2D eigenvalue weighted by atomic mass is 19.4. The van der Waals surface area contributed by atoms with Crippen molar-refractivity contribution in [2.24, 2.45) is 0 Å². The monoisotopic (exact) mass is 235 g/mol. The number of benzene rings is 1. The van der Waals surface area contributed by atoms with Crippen LogP contribution in [-0.4, -0.2) is 11.3 Å². The van der Waals surface area contributed by atoms with Crippen molar-refractivity contribution in [2.45, 2.75) is 19.7 Å². The van der Waals surface area contributed by atoms with Crippen LogP contribution in [0.25, 0.3) is 0 Å². The van der Waals surface area contributed by atoms with Crippen LogP contribution >= 0.6 is 0 Å². The molecule has 16 heavy (non-hydrogen) atoms. The van der Waals surface area contributed by atoms with Crippen LogP contribution in [0.4, 0.5) is 18.9 Å². The fourth-order valence-electron chi connectivity index (χ4n) is 1.30. The lowest BCUT2D eigenvalue weighted by molar-refractivity contribution is -0.385. The molecule has 88 valence electrons. The smallest absolute Gasteiger partial charge is 0.405 e. The van der Waals surface area contributed by atoms with Gasteiger partial charge in [0.2, 0.25) is 0 Å². The first-order chi connectivity index (χ1) is 7.35. The molecule has 0 fully saturated rings. The van der Waals surface area contributed by atoms with Crippen molar-refractivity contribution in [3.05, 3.63) is 33.9 Å². The summed E-state index contributed by atoms with van der Waals surface area (Å²) >= 11 is 0. The zero-order valence-corrected chi connectivity index (χ0v) is 8.25. The summed E-state index contributed by atoms with van der Waals surface area (Å²) < 4.78 is 39.7. The minimum absolute atomic E-state index is 0.0650. The van der Waals surface area contributed by atoms with Crippen LogP contribution in [-0.2, 0) is 6.42 Å². The zero-order chi connectivity index (χ0) is 12.3. The Morgan fingerprint density at radius 1 is 1.44 bits per heavy atom. The summed E-state index contributed by atoms with van der Waals surface area (Å²) in [4.78, 5) is 9.83. The summed E-state index contributed by atoms with van der Waals surface area (Å²) in [6.07, 6.45) is -4.76. The summed E-state index contributed by atoms with van der Waals surface area (Å²) in [6.45, 7) is 1.52. The SMILES string of the molecule is CCc1c(OC(F)(F)F)cccc1[N+](=O)[O-]. The number of halogens is 3. The van der Waals surface area contributed by atoms with Gasteiger partial charge in [0.15, 0.2) is 0 Å². The maximum absolute atomic E-state index is 12.0. The van der Waals surface area contributed by atoms with Crippen molar-refractivity contribution in [2.75, 3.05) is 0 Å². The van der Waals surface area contributed by atoms with Gasteiger partial charge in [-0.15, -0.1) is 13.2 Å². The number of alkyl halides is 3. The molecule has 7 heteroatoms. The number of nitro benzene ring substituents is 1. The van der Waals surface area contributed by atoms with E-state index in [1.54, 1.807) is 0 Å². The first-order valence-electron chi connectivity index (χ1n) is 4.37. The van der Waals surface area contributed by atoms with Crippen LogP contribution in [0.15, 0.2) is 18.2 Å². The molecule has 0 saturated carbocycles. The van der Waals surface area contributed by atoms with E-state index in [4.69, 9.17) is 0 Å². The first-order valence-corrected chi connectivity index (χ1v) is 4.37. The van der Waals surface area contributed by atoms with E-state index in [0.717, 1.165) is 18.2 Å². The number of hydrogen-bond acceptors (Lipinski definition) is 3. The summed E-state index contributed by atoms with van der Waals surface area (Å²) in [5.74, 6) is -0.524. The molecular formula is C9H8F3NO3. The van der Waals surface area contributed by atoms with E-state index < -0.39 is 17.0 Å². The average Bonchev–Trinajstić information content (AvgIpc) is 2.14. The molecule has 0 aliphatic carbocycles. The minimum Gasteiger partial charge on any atom is -0.405 e. The number of ether oxygens (including phenoxy) is 1. The van der Waals surface area contributed by atoms with Crippen LogP contribution in [0.1, 0.15) is 12.5 Å². The van der Waals surface area contributed by atoms with Gasteiger partial charge in [-0.25, -0.2) is 0 Å². The maximum atomic E-state index is 12.0. The molecule has 0 aliphatic rings. The zero-order valence-electron chi connectivity index (χ0n) is 8.25. The molecule has 0 unspecified atom stereocenters. The Balaban J connectivity index is 3.19. The predicted octanol–water partition coefficient (Wildman–Crippen LogP) is 3.06. The van der Waals surface area contributed by atoms with Gasteiger partial charge in [0.25, 0.3) is 5.69 Å². The van der Waals surface area contributed by atoms with Crippen LogP contribution in [0, 0.1) is 10.1 Å². The molecule has 0 spiro atoms. The third-order valence-corrected chi connectivity index (χ3v) is 1.88. The van der Waals surface area contributed by atoms with Gasteiger partial charge in [0.1, 0.15) is 5.75 Å². The standard InChI is InChI=1S/C9H8F3NO3/c1-2-6-7(13(14)15)4-3-5-8(6)16-9(10,11)12/h3-5H,2H2,1H3. The summed E-state index contributed by atoms with van der Waals surface area (Å²) in [7, 11) is 0. The van der Waals surface area contributed by atoms with E-state index in [0.29, 0.717) is 0 Å². The van der Waals surface area contributed by atoms with Crippen molar-refractivity contribution in [1.82, 2.24) is 0 Å². The number of rotatable bonds is 3. The molecule has 0 radical (unpaired) electrons. The van der Waals surface area contributed by atoms with Crippen LogP contribution in [0.3, 0.4) is 0 Å². The number of hydrogen-bond donors (Lipinski definition) is 0. The Morgan fingerprint density at radius 2 is 2.06 bits per heavy atom. The fourth-order valence-corrected chi connectivity index (χ4v) is 1.30. The van der Waals surface area contributed by atoms with Gasteiger partial charge in [0, 0.05) is 6.07 Å². The van der Waals surface area contributed by atoms with E-state index in [9.17, 15) is 23.3 Å². The van der Waals surface area contributed by atoms with Gasteiger partial charge in [-0.3, -0.25) is 10.1 Å². The van der Waals surface area contributed by atoms with Crippen molar-refractivity contribution in [3.63, 3.8) is 0 Å². The summed E-state index contributed by atoms with van der Waals surface area (Å²) in [5.41, 5.74) is -0.436. The Hall–Kier alpha value is -1.79. The van der Waals surface area contributed by atoms with E-state index in [-0.39, 0.29) is 17.7 Å². The second-order valence-electron chi connectivity index (χ2n) is 2.91. The quantitative estimate of drug-likeness (QED) is 0.597. The summed E-state index contributed by atoms with van der Waals surface area (Å²) in [5, 5.41) is 10.6. The molecule has 4 nitrogen and oxygen atoms in total. The highest BCUT2D eigenvalue weighted by molar-refractivity contribution is 5.49. The van der Waals surface area contributed by atoms with Crippen molar-refractivity contribution < 1.29 is 22.8 Å². The second kappa shape index (κ2) is 4.38. The van der Waals surface area contributed by atoms with E-state index in [2.05, 4.69) is 4.74 Å². The van der Waals surface area contributed by atoms with Gasteiger partial charge in [0.05, 0.1) is 10.5 Å². The highest BCUT2D eigenvalue weighted by Crippen LogP contribution is 2.32. The second-order valence-corrected chi connectivity index (χ2v) is 2.91. The van der Waals surface area contributed by atoms with E-state index in [1.807, 2.05) is 0 Å². The molecule has 0 N–H and O–H groups in total. The number of nitrogens with zero attached hydrogens (tertiary/aromatic N) is 1. The molecule has 0 atom stereocenters. The van der Waals surface area contributed by atoms with Crippen molar-refractivity contribution in [3.8, 4) is 5.75 Å². The molecule has 0 amide bonds. The molecule has 1 aromatic carbocycles. The maximum Gasteiger partial charge on any atom is 0.573 e. The average molecular weight is 235 g/mol. The Kier molecular flexibility index (Phi) is 3.36. The van der Waals surface area contributed by atoms with Gasteiger partial charge < -0.3 is 4.74 Å². The molecule has 0 aromatic heterocycles. The largest absolute Gasteiger partial charge is 0.573 e. The molecule has 0 aliphatic heterocycles. The Bertz CT molecular complexity index is 403. The first kappa shape index (κ1) is 12.3. The highest BCUT2D eigenvalue weighted by Gasteiger charge is 2.33. The molecule has 1 rings (SSSR count). The van der Waals surface area contributed by atoms with Crippen molar-refractivity contribution >= 4 is 5.69 Å². The van der Waals surface area contributed by atoms with Gasteiger partial charge in [-0.05, 0) is 12.5 Å². The lowest BCUT2D eigenvalue weighted by Crippen LogP contribution is -2.18.